The van der Waals surface area contributed by atoms with Gasteiger partial charge in [0.15, 0.2) is 0 Å². The first-order valence-electron chi connectivity index (χ1n) is 5.60. The first-order valence-corrected chi connectivity index (χ1v) is 6.39. The Morgan fingerprint density at radius 2 is 1.83 bits per heavy atom. The van der Waals surface area contributed by atoms with E-state index in [1.54, 1.807) is 10.7 Å². The number of fused-ring (bicyclic) bond motifs is 1. The Kier molecular flexibility index (Phi) is 2.63. The predicted octanol–water partition coefficient (Wildman–Crippen LogP) is 3.17. The van der Waals surface area contributed by atoms with Crippen molar-refractivity contribution in [1.29, 1.82) is 0 Å². The van der Waals surface area contributed by atoms with Crippen LogP contribution >= 0.6 is 15.9 Å². The number of hydrogen-bond donors (Lipinski definition) is 0. The maximum absolute atomic E-state index is 4.57. The zero-order valence-corrected chi connectivity index (χ0v) is 11.6. The highest BCUT2D eigenvalue weighted by Crippen LogP contribution is 2.19. The minimum absolute atomic E-state index is 0.644. The van der Waals surface area contributed by atoms with Crippen LogP contribution < -0.4 is 0 Å². The Balaban J connectivity index is 2.18. The number of benzene rings is 1. The van der Waals surface area contributed by atoms with E-state index in [-0.39, 0.29) is 0 Å². The van der Waals surface area contributed by atoms with E-state index in [2.05, 4.69) is 31.0 Å². The largest absolute Gasteiger partial charge is 0.251 e. The first kappa shape index (κ1) is 11.3. The van der Waals surface area contributed by atoms with Gasteiger partial charge in [0.25, 0.3) is 5.78 Å². The molecule has 2 heterocycles. The van der Waals surface area contributed by atoms with E-state index in [1.165, 1.54) is 0 Å². The molecule has 0 amide bonds. The van der Waals surface area contributed by atoms with Gasteiger partial charge in [0, 0.05) is 10.0 Å². The van der Waals surface area contributed by atoms with Gasteiger partial charge >= 0.3 is 0 Å². The molecule has 0 saturated carbocycles. The normalized spacial score (nSPS) is 11.1. The molecule has 0 unspecified atom stereocenters. The molecule has 1 aromatic carbocycles. The average Bonchev–Trinajstić information content (AvgIpc) is 2.66. The molecule has 5 heteroatoms. The van der Waals surface area contributed by atoms with E-state index in [4.69, 9.17) is 0 Å². The fraction of sp³-hybridized carbons (Fsp3) is 0.154. The molecule has 0 bridgehead atoms. The summed E-state index contributed by atoms with van der Waals surface area (Å²) in [6.45, 7) is 3.96. The summed E-state index contributed by atoms with van der Waals surface area (Å²) in [5, 5.41) is 4.57. The highest BCUT2D eigenvalue weighted by Gasteiger charge is 2.08. The summed E-state index contributed by atoms with van der Waals surface area (Å²) in [5.41, 5.74) is 3.87. The zero-order chi connectivity index (χ0) is 12.7. The van der Waals surface area contributed by atoms with E-state index < -0.39 is 0 Å². The van der Waals surface area contributed by atoms with E-state index in [9.17, 15) is 0 Å². The standard InChI is InChI=1S/C13H11BrN4/c1-8-9(2)18-13(16-8)15-7-12(17-18)10-3-5-11(14)6-4-10/h3-7H,1-2H3. The Labute approximate surface area is 113 Å². The van der Waals surface area contributed by atoms with Crippen LogP contribution in [0.1, 0.15) is 11.4 Å². The molecule has 3 rings (SSSR count). The van der Waals surface area contributed by atoms with Gasteiger partial charge in [-0.3, -0.25) is 0 Å². The molecule has 0 radical (unpaired) electrons. The molecule has 90 valence electrons. The smallest absolute Gasteiger partial charge is 0.217 e. The highest BCUT2D eigenvalue weighted by molar-refractivity contribution is 9.10. The average molecular weight is 303 g/mol. The molecule has 0 fully saturated rings. The summed E-state index contributed by atoms with van der Waals surface area (Å²) in [7, 11) is 0. The third kappa shape index (κ3) is 1.80. The van der Waals surface area contributed by atoms with Gasteiger partial charge in [-0.1, -0.05) is 28.1 Å². The van der Waals surface area contributed by atoms with Crippen LogP contribution in [0.25, 0.3) is 17.0 Å². The lowest BCUT2D eigenvalue weighted by Crippen LogP contribution is -1.98. The van der Waals surface area contributed by atoms with Crippen LogP contribution in [0.4, 0.5) is 0 Å². The van der Waals surface area contributed by atoms with Gasteiger partial charge in [0.1, 0.15) is 5.69 Å². The molecule has 0 aliphatic rings. The molecule has 0 spiro atoms. The van der Waals surface area contributed by atoms with Gasteiger partial charge < -0.3 is 0 Å². The molecular weight excluding hydrogens is 292 g/mol. The van der Waals surface area contributed by atoms with Gasteiger partial charge in [-0.05, 0) is 26.0 Å². The lowest BCUT2D eigenvalue weighted by molar-refractivity contribution is 0.876. The van der Waals surface area contributed by atoms with Crippen LogP contribution in [0.2, 0.25) is 0 Å². The summed E-state index contributed by atoms with van der Waals surface area (Å²) in [5.74, 6) is 0.644. The Bertz CT molecular complexity index is 716. The molecule has 0 atom stereocenters. The number of halogens is 1. The van der Waals surface area contributed by atoms with Crippen molar-refractivity contribution in [2.24, 2.45) is 0 Å². The van der Waals surface area contributed by atoms with Gasteiger partial charge in [-0.15, -0.1) is 0 Å². The third-order valence-electron chi connectivity index (χ3n) is 2.95. The van der Waals surface area contributed by atoms with Crippen LogP contribution in [0.3, 0.4) is 0 Å². The minimum atomic E-state index is 0.644. The summed E-state index contributed by atoms with van der Waals surface area (Å²) in [4.78, 5) is 8.68. The minimum Gasteiger partial charge on any atom is -0.217 e. The molecule has 0 N–H and O–H groups in total. The summed E-state index contributed by atoms with van der Waals surface area (Å²) in [6.07, 6.45) is 1.75. The van der Waals surface area contributed by atoms with Crippen molar-refractivity contribution >= 4 is 21.7 Å². The van der Waals surface area contributed by atoms with E-state index in [0.717, 1.165) is 27.1 Å². The van der Waals surface area contributed by atoms with Crippen molar-refractivity contribution in [2.45, 2.75) is 13.8 Å². The van der Waals surface area contributed by atoms with E-state index in [0.29, 0.717) is 5.78 Å². The second-order valence-electron chi connectivity index (χ2n) is 4.14. The number of imidazole rings is 1. The van der Waals surface area contributed by atoms with Crippen molar-refractivity contribution < 1.29 is 0 Å². The SMILES string of the molecule is Cc1nc2ncc(-c3ccc(Br)cc3)nn2c1C. The highest BCUT2D eigenvalue weighted by atomic mass is 79.9. The molecule has 2 aromatic heterocycles. The Morgan fingerprint density at radius 1 is 1.11 bits per heavy atom. The van der Waals surface area contributed by atoms with Crippen LogP contribution in [-0.4, -0.2) is 19.6 Å². The number of aromatic nitrogens is 4. The molecule has 4 nitrogen and oxygen atoms in total. The molecule has 0 aliphatic heterocycles. The number of aryl methyl sites for hydroxylation is 2. The topological polar surface area (TPSA) is 43.1 Å². The van der Waals surface area contributed by atoms with Crippen LogP contribution in [0.5, 0.6) is 0 Å². The zero-order valence-electron chi connectivity index (χ0n) is 10.1. The Morgan fingerprint density at radius 3 is 2.56 bits per heavy atom. The summed E-state index contributed by atoms with van der Waals surface area (Å²) >= 11 is 3.42. The fourth-order valence-corrected chi connectivity index (χ4v) is 2.05. The third-order valence-corrected chi connectivity index (χ3v) is 3.48. The maximum atomic E-state index is 4.57. The van der Waals surface area contributed by atoms with Crippen molar-refractivity contribution in [3.63, 3.8) is 0 Å². The number of hydrogen-bond acceptors (Lipinski definition) is 3. The number of nitrogens with zero attached hydrogens (tertiary/aromatic N) is 4. The lowest BCUT2D eigenvalue weighted by Gasteiger charge is -2.02. The summed E-state index contributed by atoms with van der Waals surface area (Å²) < 4.78 is 2.84. The van der Waals surface area contributed by atoms with Crippen molar-refractivity contribution in [2.75, 3.05) is 0 Å². The van der Waals surface area contributed by atoms with E-state index >= 15 is 0 Å². The van der Waals surface area contributed by atoms with Gasteiger partial charge in [0.05, 0.1) is 17.6 Å². The van der Waals surface area contributed by atoms with Gasteiger partial charge in [-0.2, -0.15) is 5.10 Å². The lowest BCUT2D eigenvalue weighted by atomic mass is 10.2. The molecule has 0 aliphatic carbocycles. The fourth-order valence-electron chi connectivity index (χ4n) is 1.79. The van der Waals surface area contributed by atoms with Crippen LogP contribution in [-0.2, 0) is 0 Å². The van der Waals surface area contributed by atoms with Crippen LogP contribution in [0.15, 0.2) is 34.9 Å². The van der Waals surface area contributed by atoms with Gasteiger partial charge in [0.2, 0.25) is 0 Å². The van der Waals surface area contributed by atoms with Crippen molar-refractivity contribution in [3.8, 4) is 11.3 Å². The second-order valence-corrected chi connectivity index (χ2v) is 5.06. The second kappa shape index (κ2) is 4.17. The molecule has 18 heavy (non-hydrogen) atoms. The van der Waals surface area contributed by atoms with Crippen molar-refractivity contribution in [1.82, 2.24) is 19.6 Å². The van der Waals surface area contributed by atoms with E-state index in [1.807, 2.05) is 38.1 Å². The van der Waals surface area contributed by atoms with Crippen molar-refractivity contribution in [3.05, 3.63) is 46.3 Å². The summed E-state index contributed by atoms with van der Waals surface area (Å²) in [6, 6.07) is 8.01. The number of rotatable bonds is 1. The van der Waals surface area contributed by atoms with Gasteiger partial charge in [-0.25, -0.2) is 14.5 Å². The van der Waals surface area contributed by atoms with Crippen LogP contribution in [0, 0.1) is 13.8 Å². The molecular formula is C13H11BrN4. The first-order chi connectivity index (χ1) is 8.65. The Hall–Kier alpha value is -1.75. The molecule has 3 aromatic rings. The predicted molar refractivity (Wildman–Crippen MR) is 73.4 cm³/mol. The molecule has 0 saturated heterocycles. The monoisotopic (exact) mass is 302 g/mol. The quantitative estimate of drug-likeness (QED) is 0.693. The maximum Gasteiger partial charge on any atom is 0.251 e.